The Kier molecular flexibility index (Phi) is 3.10. The van der Waals surface area contributed by atoms with Gasteiger partial charge in [0.2, 0.25) is 0 Å². The summed E-state index contributed by atoms with van der Waals surface area (Å²) in [6.45, 7) is 0.425. The van der Waals surface area contributed by atoms with E-state index in [1.54, 1.807) is 12.1 Å². The van der Waals surface area contributed by atoms with Crippen LogP contribution >= 0.6 is 0 Å². The summed E-state index contributed by atoms with van der Waals surface area (Å²) in [4.78, 5) is 0. The molecule has 1 fully saturated rings. The van der Waals surface area contributed by atoms with Crippen LogP contribution in [0, 0.1) is 5.92 Å². The van der Waals surface area contributed by atoms with Crippen molar-refractivity contribution in [2.45, 2.75) is 18.8 Å². The first-order valence-corrected chi connectivity index (χ1v) is 5.44. The third-order valence-electron chi connectivity index (χ3n) is 3.05. The Labute approximate surface area is 93.3 Å². The summed E-state index contributed by atoms with van der Waals surface area (Å²) in [5.41, 5.74) is 0.851. The molecular formula is C12H15F2NO. The highest BCUT2D eigenvalue weighted by Gasteiger charge is 2.41. The smallest absolute Gasteiger partial charge is 0.263 e. The fourth-order valence-electron chi connectivity index (χ4n) is 2.05. The lowest BCUT2D eigenvalue weighted by atomic mass is 9.88. The molecule has 0 radical (unpaired) electrons. The van der Waals surface area contributed by atoms with Gasteiger partial charge < -0.3 is 10.4 Å². The number of nitrogens with one attached hydrogen (secondary N) is 1. The van der Waals surface area contributed by atoms with Crippen LogP contribution in [0.15, 0.2) is 24.3 Å². The fourth-order valence-corrected chi connectivity index (χ4v) is 2.05. The average molecular weight is 227 g/mol. The standard InChI is InChI=1S/C12H15F2NO/c13-12(14)8-15-6-5-10(12)7-9-1-3-11(16)4-2-9/h1-4,10,15-16H,5-8H2. The van der Waals surface area contributed by atoms with Crippen molar-refractivity contribution in [2.24, 2.45) is 5.92 Å². The summed E-state index contributed by atoms with van der Waals surface area (Å²) >= 11 is 0. The maximum Gasteiger partial charge on any atom is 0.263 e. The number of hydrogen-bond acceptors (Lipinski definition) is 2. The highest BCUT2D eigenvalue weighted by atomic mass is 19.3. The average Bonchev–Trinajstić information content (AvgIpc) is 2.24. The first-order valence-electron chi connectivity index (χ1n) is 5.44. The van der Waals surface area contributed by atoms with E-state index in [9.17, 15) is 8.78 Å². The van der Waals surface area contributed by atoms with E-state index in [2.05, 4.69) is 5.32 Å². The van der Waals surface area contributed by atoms with E-state index in [-0.39, 0.29) is 12.3 Å². The topological polar surface area (TPSA) is 32.3 Å². The van der Waals surface area contributed by atoms with Crippen molar-refractivity contribution < 1.29 is 13.9 Å². The molecule has 0 aliphatic carbocycles. The second-order valence-corrected chi connectivity index (χ2v) is 4.29. The van der Waals surface area contributed by atoms with Gasteiger partial charge >= 0.3 is 0 Å². The number of rotatable bonds is 2. The van der Waals surface area contributed by atoms with Crippen LogP contribution in [0.2, 0.25) is 0 Å². The first kappa shape index (κ1) is 11.3. The molecule has 2 rings (SSSR count). The van der Waals surface area contributed by atoms with Crippen LogP contribution in [0.3, 0.4) is 0 Å². The van der Waals surface area contributed by atoms with Gasteiger partial charge in [0.25, 0.3) is 5.92 Å². The monoisotopic (exact) mass is 227 g/mol. The first-order chi connectivity index (χ1) is 7.58. The van der Waals surface area contributed by atoms with Gasteiger partial charge in [-0.25, -0.2) is 8.78 Å². The minimum Gasteiger partial charge on any atom is -0.508 e. The summed E-state index contributed by atoms with van der Waals surface area (Å²) < 4.78 is 27.0. The highest BCUT2D eigenvalue weighted by Crippen LogP contribution is 2.32. The molecule has 1 unspecified atom stereocenters. The van der Waals surface area contributed by atoms with E-state index in [4.69, 9.17) is 5.11 Å². The quantitative estimate of drug-likeness (QED) is 0.811. The van der Waals surface area contributed by atoms with E-state index in [0.29, 0.717) is 19.4 Å². The Morgan fingerprint density at radius 2 is 2.00 bits per heavy atom. The molecule has 0 bridgehead atoms. The molecule has 4 heteroatoms. The SMILES string of the molecule is Oc1ccc(CC2CCNCC2(F)F)cc1. The summed E-state index contributed by atoms with van der Waals surface area (Å²) in [6.07, 6.45) is 0.864. The molecule has 0 saturated carbocycles. The molecule has 1 atom stereocenters. The van der Waals surface area contributed by atoms with Crippen LogP contribution in [-0.2, 0) is 6.42 Å². The molecule has 1 aliphatic rings. The number of phenols is 1. The van der Waals surface area contributed by atoms with Gasteiger partial charge in [-0.2, -0.15) is 0 Å². The normalized spacial score (nSPS) is 24.2. The van der Waals surface area contributed by atoms with Crippen LogP contribution in [-0.4, -0.2) is 24.1 Å². The van der Waals surface area contributed by atoms with Crippen molar-refractivity contribution in [1.82, 2.24) is 5.32 Å². The number of piperidine rings is 1. The number of halogens is 2. The zero-order valence-corrected chi connectivity index (χ0v) is 8.92. The van der Waals surface area contributed by atoms with Crippen molar-refractivity contribution in [3.8, 4) is 5.75 Å². The van der Waals surface area contributed by atoms with Gasteiger partial charge in [-0.1, -0.05) is 12.1 Å². The molecule has 2 nitrogen and oxygen atoms in total. The molecule has 88 valence electrons. The van der Waals surface area contributed by atoms with Crippen LogP contribution in [0.5, 0.6) is 5.75 Å². The van der Waals surface area contributed by atoms with Crippen LogP contribution in [0.4, 0.5) is 8.78 Å². The van der Waals surface area contributed by atoms with E-state index in [1.165, 1.54) is 12.1 Å². The van der Waals surface area contributed by atoms with E-state index in [0.717, 1.165) is 5.56 Å². The van der Waals surface area contributed by atoms with E-state index >= 15 is 0 Å². The van der Waals surface area contributed by atoms with Crippen molar-refractivity contribution in [2.75, 3.05) is 13.1 Å². The molecule has 16 heavy (non-hydrogen) atoms. The molecule has 1 aromatic carbocycles. The van der Waals surface area contributed by atoms with Gasteiger partial charge in [0.05, 0.1) is 6.54 Å². The Hall–Kier alpha value is -1.16. The lowest BCUT2D eigenvalue weighted by Crippen LogP contribution is -2.46. The van der Waals surface area contributed by atoms with Gasteiger partial charge in [0.1, 0.15) is 5.75 Å². The number of alkyl halides is 2. The largest absolute Gasteiger partial charge is 0.508 e. The molecular weight excluding hydrogens is 212 g/mol. The molecule has 1 aromatic rings. The van der Waals surface area contributed by atoms with Crippen molar-refractivity contribution >= 4 is 0 Å². The van der Waals surface area contributed by atoms with Gasteiger partial charge in [-0.15, -0.1) is 0 Å². The Balaban J connectivity index is 2.05. The predicted octanol–water partition coefficient (Wildman–Crippen LogP) is 2.18. The van der Waals surface area contributed by atoms with Gasteiger partial charge in [0, 0.05) is 5.92 Å². The van der Waals surface area contributed by atoms with E-state index < -0.39 is 11.8 Å². The molecule has 1 saturated heterocycles. The van der Waals surface area contributed by atoms with Gasteiger partial charge in [-0.05, 0) is 37.1 Å². The van der Waals surface area contributed by atoms with Crippen LogP contribution in [0.25, 0.3) is 0 Å². The zero-order chi connectivity index (χ0) is 11.6. The third-order valence-corrected chi connectivity index (χ3v) is 3.05. The lowest BCUT2D eigenvalue weighted by Gasteiger charge is -2.31. The Morgan fingerprint density at radius 3 is 2.62 bits per heavy atom. The number of hydrogen-bond donors (Lipinski definition) is 2. The molecule has 0 aromatic heterocycles. The zero-order valence-electron chi connectivity index (χ0n) is 8.92. The minimum absolute atomic E-state index is 0.167. The van der Waals surface area contributed by atoms with Gasteiger partial charge in [-0.3, -0.25) is 0 Å². The number of phenolic OH excluding ortho intramolecular Hbond substituents is 1. The van der Waals surface area contributed by atoms with E-state index in [1.807, 2.05) is 0 Å². The second-order valence-electron chi connectivity index (χ2n) is 4.29. The highest BCUT2D eigenvalue weighted by molar-refractivity contribution is 5.26. The third kappa shape index (κ3) is 2.50. The van der Waals surface area contributed by atoms with Crippen LogP contribution < -0.4 is 5.32 Å². The predicted molar refractivity (Wildman–Crippen MR) is 57.7 cm³/mol. The minimum atomic E-state index is -2.63. The molecule has 0 amide bonds. The lowest BCUT2D eigenvalue weighted by molar-refractivity contribution is -0.0727. The number of benzene rings is 1. The van der Waals surface area contributed by atoms with Crippen molar-refractivity contribution in [3.63, 3.8) is 0 Å². The molecule has 1 heterocycles. The van der Waals surface area contributed by atoms with Gasteiger partial charge in [0.15, 0.2) is 0 Å². The molecule has 1 aliphatic heterocycles. The van der Waals surface area contributed by atoms with Crippen LogP contribution in [0.1, 0.15) is 12.0 Å². The summed E-state index contributed by atoms with van der Waals surface area (Å²) in [5, 5.41) is 11.8. The molecule has 0 spiro atoms. The maximum absolute atomic E-state index is 13.5. The van der Waals surface area contributed by atoms with Crippen molar-refractivity contribution in [3.05, 3.63) is 29.8 Å². The number of aromatic hydroxyl groups is 1. The van der Waals surface area contributed by atoms with Crippen molar-refractivity contribution in [1.29, 1.82) is 0 Å². The maximum atomic E-state index is 13.5. The Bertz CT molecular complexity index is 351. The summed E-state index contributed by atoms with van der Waals surface area (Å²) in [7, 11) is 0. The fraction of sp³-hybridized carbons (Fsp3) is 0.500. The molecule has 2 N–H and O–H groups in total. The second kappa shape index (κ2) is 4.37. The summed E-state index contributed by atoms with van der Waals surface area (Å²) in [6, 6.07) is 6.48. The Morgan fingerprint density at radius 1 is 1.31 bits per heavy atom. The summed E-state index contributed by atoms with van der Waals surface area (Å²) in [5.74, 6) is -3.06.